The van der Waals surface area contributed by atoms with Gasteiger partial charge in [-0.1, -0.05) is 50.6 Å². The molecule has 0 radical (unpaired) electrons. The molecule has 0 aliphatic heterocycles. The summed E-state index contributed by atoms with van der Waals surface area (Å²) in [7, 11) is 0. The van der Waals surface area contributed by atoms with E-state index in [1.54, 1.807) is 5.56 Å². The summed E-state index contributed by atoms with van der Waals surface area (Å²) in [4.78, 5) is 0. The fourth-order valence-electron chi connectivity index (χ4n) is 2.24. The van der Waals surface area contributed by atoms with Crippen molar-refractivity contribution >= 4 is 6.08 Å². The van der Waals surface area contributed by atoms with Crippen LogP contribution in [0.15, 0.2) is 24.3 Å². The van der Waals surface area contributed by atoms with Crippen molar-refractivity contribution in [2.75, 3.05) is 0 Å². The van der Waals surface area contributed by atoms with Gasteiger partial charge in [-0.3, -0.25) is 0 Å². The highest BCUT2D eigenvalue weighted by Gasteiger charge is 2.10. The van der Waals surface area contributed by atoms with E-state index in [-0.39, 0.29) is 0 Å². The van der Waals surface area contributed by atoms with Gasteiger partial charge in [0.1, 0.15) is 0 Å². The maximum absolute atomic E-state index is 2.34. The van der Waals surface area contributed by atoms with Gasteiger partial charge < -0.3 is 0 Å². The Balaban J connectivity index is 2.28. The second-order valence-electron chi connectivity index (χ2n) is 4.65. The van der Waals surface area contributed by atoms with Crippen LogP contribution in [0.25, 0.3) is 6.08 Å². The number of benzene rings is 1. The summed E-state index contributed by atoms with van der Waals surface area (Å²) < 4.78 is 0. The molecule has 0 spiro atoms. The highest BCUT2D eigenvalue weighted by Crippen LogP contribution is 2.25. The van der Waals surface area contributed by atoms with Crippen LogP contribution in [-0.2, 0) is 12.8 Å². The summed E-state index contributed by atoms with van der Waals surface area (Å²) >= 11 is 0. The van der Waals surface area contributed by atoms with Gasteiger partial charge in [-0.25, -0.2) is 0 Å². The van der Waals surface area contributed by atoms with Gasteiger partial charge in [-0.2, -0.15) is 0 Å². The predicted octanol–water partition coefficient (Wildman–Crippen LogP) is 4.23. The van der Waals surface area contributed by atoms with Crippen molar-refractivity contribution in [2.24, 2.45) is 5.92 Å². The van der Waals surface area contributed by atoms with E-state index in [0.717, 1.165) is 5.92 Å². The van der Waals surface area contributed by atoms with Gasteiger partial charge in [0, 0.05) is 0 Å². The van der Waals surface area contributed by atoms with Crippen LogP contribution in [0.3, 0.4) is 0 Å². The van der Waals surface area contributed by atoms with Gasteiger partial charge in [0.05, 0.1) is 0 Å². The molecule has 0 bridgehead atoms. The molecule has 0 N–H and O–H groups in total. The summed E-state index contributed by atoms with van der Waals surface area (Å²) in [5, 5.41) is 0. The van der Waals surface area contributed by atoms with E-state index in [1.165, 1.54) is 36.8 Å². The molecule has 15 heavy (non-hydrogen) atoms. The lowest BCUT2D eigenvalue weighted by Crippen LogP contribution is -2.03. The van der Waals surface area contributed by atoms with E-state index in [4.69, 9.17) is 0 Å². The largest absolute Gasteiger partial charge is 0.0836 e. The minimum absolute atomic E-state index is 0.798. The Morgan fingerprint density at radius 2 is 2.20 bits per heavy atom. The standard InChI is InChI=1S/C15H20/c1-3-12(2)11-14-9-6-8-13-7-4-5-10-15(13)14/h5-6,8-10,12H,3-4,7,11H2,1-2H3. The second-order valence-corrected chi connectivity index (χ2v) is 4.65. The molecule has 80 valence electrons. The highest BCUT2D eigenvalue weighted by atomic mass is 14.1. The van der Waals surface area contributed by atoms with Crippen LogP contribution < -0.4 is 0 Å². The summed E-state index contributed by atoms with van der Waals surface area (Å²) in [6, 6.07) is 6.79. The molecule has 1 aliphatic rings. The molecule has 0 saturated heterocycles. The lowest BCUT2D eigenvalue weighted by atomic mass is 9.88. The van der Waals surface area contributed by atoms with Gasteiger partial charge in [-0.05, 0) is 41.9 Å². The van der Waals surface area contributed by atoms with E-state index >= 15 is 0 Å². The monoisotopic (exact) mass is 200 g/mol. The van der Waals surface area contributed by atoms with Crippen LogP contribution in [0.5, 0.6) is 0 Å². The maximum Gasteiger partial charge on any atom is -0.0195 e. The van der Waals surface area contributed by atoms with Crippen LogP contribution in [-0.4, -0.2) is 0 Å². The zero-order chi connectivity index (χ0) is 10.7. The fourth-order valence-corrected chi connectivity index (χ4v) is 2.24. The third kappa shape index (κ3) is 2.31. The van der Waals surface area contributed by atoms with Crippen molar-refractivity contribution in [3.8, 4) is 0 Å². The average molecular weight is 200 g/mol. The summed E-state index contributed by atoms with van der Waals surface area (Å²) in [6.07, 6.45) is 9.55. The Morgan fingerprint density at radius 1 is 1.33 bits per heavy atom. The first-order chi connectivity index (χ1) is 7.31. The van der Waals surface area contributed by atoms with Gasteiger partial charge >= 0.3 is 0 Å². The molecule has 0 amide bonds. The topological polar surface area (TPSA) is 0 Å². The number of fused-ring (bicyclic) bond motifs is 1. The van der Waals surface area contributed by atoms with Crippen LogP contribution in [0.4, 0.5) is 0 Å². The Hall–Kier alpha value is -1.04. The molecule has 0 aromatic heterocycles. The first-order valence-electron chi connectivity index (χ1n) is 6.08. The normalized spacial score (nSPS) is 16.1. The van der Waals surface area contributed by atoms with E-state index < -0.39 is 0 Å². The van der Waals surface area contributed by atoms with Crippen molar-refractivity contribution in [3.05, 3.63) is 41.0 Å². The van der Waals surface area contributed by atoms with Crippen molar-refractivity contribution in [3.63, 3.8) is 0 Å². The summed E-state index contributed by atoms with van der Waals surface area (Å²) in [5.41, 5.74) is 4.58. The fraction of sp³-hybridized carbons (Fsp3) is 0.467. The number of rotatable bonds is 3. The second kappa shape index (κ2) is 4.65. The van der Waals surface area contributed by atoms with E-state index in [1.807, 2.05) is 0 Å². The number of hydrogen-bond donors (Lipinski definition) is 0. The Kier molecular flexibility index (Phi) is 3.25. The van der Waals surface area contributed by atoms with Gasteiger partial charge in [0.2, 0.25) is 0 Å². The molecule has 2 rings (SSSR count). The first-order valence-corrected chi connectivity index (χ1v) is 6.08. The number of hydrogen-bond acceptors (Lipinski definition) is 0. The van der Waals surface area contributed by atoms with E-state index in [0.29, 0.717) is 0 Å². The minimum atomic E-state index is 0.798. The maximum atomic E-state index is 2.34. The molecule has 1 aliphatic carbocycles. The summed E-state index contributed by atoms with van der Waals surface area (Å²) in [5.74, 6) is 0.798. The zero-order valence-corrected chi connectivity index (χ0v) is 9.79. The van der Waals surface area contributed by atoms with E-state index in [2.05, 4.69) is 44.2 Å². The summed E-state index contributed by atoms with van der Waals surface area (Å²) in [6.45, 7) is 4.61. The van der Waals surface area contributed by atoms with Crippen LogP contribution in [0.2, 0.25) is 0 Å². The van der Waals surface area contributed by atoms with Crippen LogP contribution in [0, 0.1) is 5.92 Å². The van der Waals surface area contributed by atoms with E-state index in [9.17, 15) is 0 Å². The predicted molar refractivity (Wildman–Crippen MR) is 67.0 cm³/mol. The molecule has 0 heteroatoms. The Labute approximate surface area is 93.0 Å². The quantitative estimate of drug-likeness (QED) is 0.684. The smallest absolute Gasteiger partial charge is 0.0195 e. The van der Waals surface area contributed by atoms with Crippen molar-refractivity contribution in [1.29, 1.82) is 0 Å². The minimum Gasteiger partial charge on any atom is -0.0836 e. The third-order valence-electron chi connectivity index (χ3n) is 3.42. The Bertz CT molecular complexity index is 360. The third-order valence-corrected chi connectivity index (χ3v) is 3.42. The highest BCUT2D eigenvalue weighted by molar-refractivity contribution is 5.60. The molecule has 1 aromatic rings. The van der Waals surface area contributed by atoms with Crippen molar-refractivity contribution < 1.29 is 0 Å². The molecule has 1 atom stereocenters. The zero-order valence-electron chi connectivity index (χ0n) is 9.79. The lowest BCUT2D eigenvalue weighted by Gasteiger charge is -2.17. The molecule has 0 fully saturated rings. The Morgan fingerprint density at radius 3 is 3.00 bits per heavy atom. The van der Waals surface area contributed by atoms with Gasteiger partial charge in [-0.15, -0.1) is 0 Å². The molecule has 0 nitrogen and oxygen atoms in total. The molecule has 0 heterocycles. The average Bonchev–Trinajstić information content (AvgIpc) is 2.29. The number of aryl methyl sites for hydroxylation is 1. The van der Waals surface area contributed by atoms with Crippen molar-refractivity contribution in [1.82, 2.24) is 0 Å². The van der Waals surface area contributed by atoms with Crippen LogP contribution >= 0.6 is 0 Å². The molecule has 1 aromatic carbocycles. The van der Waals surface area contributed by atoms with Crippen LogP contribution in [0.1, 0.15) is 43.4 Å². The SMILES string of the molecule is CCC(C)Cc1cccc2c1C=CCC2. The van der Waals surface area contributed by atoms with Gasteiger partial charge in [0.15, 0.2) is 0 Å². The van der Waals surface area contributed by atoms with Gasteiger partial charge in [0.25, 0.3) is 0 Å². The number of allylic oxidation sites excluding steroid dienone is 1. The molecular weight excluding hydrogens is 180 g/mol. The van der Waals surface area contributed by atoms with Crippen molar-refractivity contribution in [2.45, 2.75) is 39.5 Å². The first kappa shape index (κ1) is 10.5. The lowest BCUT2D eigenvalue weighted by molar-refractivity contribution is 0.559. The molecule has 0 saturated carbocycles. The molecule has 1 unspecified atom stereocenters. The molecular formula is C15H20.